The van der Waals surface area contributed by atoms with Crippen molar-refractivity contribution in [1.82, 2.24) is 5.32 Å². The molecule has 1 fully saturated rings. The van der Waals surface area contributed by atoms with Crippen LogP contribution in [-0.2, 0) is 0 Å². The van der Waals surface area contributed by atoms with Gasteiger partial charge in [-0.05, 0) is 0 Å². The molecule has 0 aliphatic carbocycles. The molecule has 0 spiro atoms. The Kier molecular flexibility index (Phi) is 2.44. The number of hydrogen-bond donors (Lipinski definition) is 1. The van der Waals surface area contributed by atoms with Crippen LogP contribution in [-0.4, -0.2) is 19.3 Å². The fourth-order valence-electron chi connectivity index (χ4n) is 0.253. The molecule has 1 rings (SSSR count). The summed E-state index contributed by atoms with van der Waals surface area (Å²) in [6, 6.07) is 0. The number of alkyl halides is 1. The Hall–Kier alpha value is 0.180. The number of hydrogen-bond acceptors (Lipinski definition) is 1. The first kappa shape index (κ1) is 6.18. The SMILES string of the molecule is FC1CNC1.[Cl-].[H+]. The van der Waals surface area contributed by atoms with Crippen LogP contribution < -0.4 is 17.7 Å². The van der Waals surface area contributed by atoms with Crippen molar-refractivity contribution < 1.29 is 18.2 Å². The van der Waals surface area contributed by atoms with Crippen molar-refractivity contribution in [1.29, 1.82) is 0 Å². The van der Waals surface area contributed by atoms with E-state index in [1.807, 2.05) is 0 Å². The van der Waals surface area contributed by atoms with Crippen LogP contribution in [0.3, 0.4) is 0 Å². The van der Waals surface area contributed by atoms with Gasteiger partial charge in [-0.1, -0.05) is 0 Å². The summed E-state index contributed by atoms with van der Waals surface area (Å²) in [5.74, 6) is 0. The highest BCUT2D eigenvalue weighted by Crippen LogP contribution is 1.92. The van der Waals surface area contributed by atoms with Crippen molar-refractivity contribution in [2.45, 2.75) is 6.17 Å². The van der Waals surface area contributed by atoms with Crippen molar-refractivity contribution in [3.63, 3.8) is 0 Å². The Balaban J connectivity index is 0. The summed E-state index contributed by atoms with van der Waals surface area (Å²) in [5, 5.41) is 2.79. The third-order valence-corrected chi connectivity index (χ3v) is 0.732. The Labute approximate surface area is 43.8 Å². The molecule has 0 bridgehead atoms. The van der Waals surface area contributed by atoms with Crippen molar-refractivity contribution >= 4 is 0 Å². The Bertz CT molecular complexity index is 41.9. The van der Waals surface area contributed by atoms with Crippen LogP contribution in [0.5, 0.6) is 0 Å². The van der Waals surface area contributed by atoms with E-state index in [4.69, 9.17) is 0 Å². The van der Waals surface area contributed by atoms with Crippen molar-refractivity contribution in [3.8, 4) is 0 Å². The van der Waals surface area contributed by atoms with Gasteiger partial charge in [-0.2, -0.15) is 0 Å². The maximum Gasteiger partial charge on any atom is 1.00 e. The van der Waals surface area contributed by atoms with E-state index in [9.17, 15) is 4.39 Å². The van der Waals surface area contributed by atoms with Gasteiger partial charge in [-0.3, -0.25) is 0 Å². The van der Waals surface area contributed by atoms with E-state index in [1.54, 1.807) is 0 Å². The highest BCUT2D eigenvalue weighted by atomic mass is 35.5. The van der Waals surface area contributed by atoms with Crippen LogP contribution in [0.25, 0.3) is 0 Å². The lowest BCUT2D eigenvalue weighted by Crippen LogP contribution is -3.00. The minimum atomic E-state index is -0.546. The van der Waals surface area contributed by atoms with Gasteiger partial charge in [0.25, 0.3) is 0 Å². The molecule has 0 radical (unpaired) electrons. The van der Waals surface area contributed by atoms with Crippen molar-refractivity contribution in [2.24, 2.45) is 0 Å². The monoisotopic (exact) mass is 111 g/mol. The fourth-order valence-corrected chi connectivity index (χ4v) is 0.253. The fraction of sp³-hybridized carbons (Fsp3) is 1.00. The molecule has 0 aromatic carbocycles. The first-order valence-corrected chi connectivity index (χ1v) is 1.74. The zero-order valence-corrected chi connectivity index (χ0v) is 4.00. The smallest absolute Gasteiger partial charge is 1.00 e. The predicted octanol–water partition coefficient (Wildman–Crippen LogP) is -2.96. The quantitative estimate of drug-likeness (QED) is 0.353. The predicted molar refractivity (Wildman–Crippen MR) is 18.9 cm³/mol. The summed E-state index contributed by atoms with van der Waals surface area (Å²) in [6.45, 7) is 1.14. The summed E-state index contributed by atoms with van der Waals surface area (Å²) in [5.41, 5.74) is 0. The summed E-state index contributed by atoms with van der Waals surface area (Å²) >= 11 is 0. The zero-order chi connectivity index (χ0) is 3.70. The molecule has 0 aromatic heterocycles. The lowest BCUT2D eigenvalue weighted by molar-refractivity contribution is -0.00000200. The zero-order valence-electron chi connectivity index (χ0n) is 4.25. The maximum atomic E-state index is 11.5. The van der Waals surface area contributed by atoms with Gasteiger partial charge in [0.2, 0.25) is 0 Å². The first-order chi connectivity index (χ1) is 2.39. The van der Waals surface area contributed by atoms with Gasteiger partial charge < -0.3 is 17.7 Å². The van der Waals surface area contributed by atoms with Crippen LogP contribution in [0.2, 0.25) is 0 Å². The largest absolute Gasteiger partial charge is 1.00 e. The molecule has 3 heteroatoms. The Morgan fingerprint density at radius 2 is 2.00 bits per heavy atom. The molecule has 1 aliphatic heterocycles. The molecule has 1 heterocycles. The number of halogens is 2. The second-order valence-electron chi connectivity index (χ2n) is 1.26. The average Bonchev–Trinajstić information content (AvgIpc) is 1.30. The lowest BCUT2D eigenvalue weighted by atomic mass is 10.3. The van der Waals surface area contributed by atoms with Crippen LogP contribution in [0, 0.1) is 0 Å². The van der Waals surface area contributed by atoms with E-state index in [2.05, 4.69) is 5.32 Å². The molecular weight excluding hydrogens is 104 g/mol. The topological polar surface area (TPSA) is 12.0 Å². The van der Waals surface area contributed by atoms with E-state index in [1.165, 1.54) is 0 Å². The van der Waals surface area contributed by atoms with E-state index in [0.717, 1.165) is 0 Å². The normalized spacial score (nSPS) is 21.5. The van der Waals surface area contributed by atoms with E-state index < -0.39 is 6.17 Å². The molecule has 0 saturated carbocycles. The highest BCUT2D eigenvalue weighted by molar-refractivity contribution is 4.71. The maximum absolute atomic E-state index is 11.5. The van der Waals surface area contributed by atoms with Gasteiger partial charge in [0.15, 0.2) is 0 Å². The second kappa shape index (κ2) is 2.37. The minimum Gasteiger partial charge on any atom is -1.00 e. The van der Waals surface area contributed by atoms with Gasteiger partial charge in [0.1, 0.15) is 6.17 Å². The van der Waals surface area contributed by atoms with E-state index >= 15 is 0 Å². The molecular formula is C3H7ClFN. The standard InChI is InChI=1S/C3H6FN.ClH/c4-3-1-5-2-3;/h3,5H,1-2H2;1H. The number of nitrogens with one attached hydrogen (secondary N) is 1. The van der Waals surface area contributed by atoms with Crippen molar-refractivity contribution in [3.05, 3.63) is 0 Å². The third-order valence-electron chi connectivity index (χ3n) is 0.732. The van der Waals surface area contributed by atoms with Crippen LogP contribution in [0.1, 0.15) is 1.43 Å². The molecule has 38 valence electrons. The molecule has 1 nitrogen and oxygen atoms in total. The third kappa shape index (κ3) is 1.11. The molecule has 0 unspecified atom stereocenters. The van der Waals surface area contributed by atoms with Crippen LogP contribution >= 0.6 is 0 Å². The molecule has 0 atom stereocenters. The molecule has 1 N–H and O–H groups in total. The van der Waals surface area contributed by atoms with E-state index in [-0.39, 0.29) is 13.8 Å². The summed E-state index contributed by atoms with van der Waals surface area (Å²) in [6.07, 6.45) is -0.546. The molecule has 1 saturated heterocycles. The molecule has 6 heavy (non-hydrogen) atoms. The molecule has 0 aromatic rings. The first-order valence-electron chi connectivity index (χ1n) is 1.74. The van der Waals surface area contributed by atoms with Gasteiger partial charge in [-0.15, -0.1) is 0 Å². The Morgan fingerprint density at radius 3 is 2.00 bits per heavy atom. The molecule has 1 aliphatic rings. The van der Waals surface area contributed by atoms with Gasteiger partial charge >= 0.3 is 1.43 Å². The highest BCUT2D eigenvalue weighted by Gasteiger charge is 2.12. The summed E-state index contributed by atoms with van der Waals surface area (Å²) in [7, 11) is 0. The van der Waals surface area contributed by atoms with Gasteiger partial charge in [0.05, 0.1) is 0 Å². The number of rotatable bonds is 0. The molecule has 0 amide bonds. The minimum absolute atomic E-state index is 0. The summed E-state index contributed by atoms with van der Waals surface area (Å²) < 4.78 is 11.5. The van der Waals surface area contributed by atoms with Gasteiger partial charge in [-0.25, -0.2) is 4.39 Å². The lowest BCUT2D eigenvalue weighted by Gasteiger charge is -2.17. The van der Waals surface area contributed by atoms with Crippen LogP contribution in [0.4, 0.5) is 4.39 Å². The van der Waals surface area contributed by atoms with Crippen LogP contribution in [0.15, 0.2) is 0 Å². The van der Waals surface area contributed by atoms with E-state index in [0.29, 0.717) is 13.1 Å². The van der Waals surface area contributed by atoms with Crippen molar-refractivity contribution in [2.75, 3.05) is 13.1 Å². The summed E-state index contributed by atoms with van der Waals surface area (Å²) in [4.78, 5) is 0. The average molecular weight is 112 g/mol. The van der Waals surface area contributed by atoms with Gasteiger partial charge in [0, 0.05) is 13.1 Å². The second-order valence-corrected chi connectivity index (χ2v) is 1.26. The Morgan fingerprint density at radius 1 is 1.67 bits per heavy atom.